The van der Waals surface area contributed by atoms with Crippen molar-refractivity contribution in [2.45, 2.75) is 117 Å². The second kappa shape index (κ2) is 17.4. The summed E-state index contributed by atoms with van der Waals surface area (Å²) in [6.45, 7) is 4.31. The molecule has 0 bridgehead atoms. The second-order valence-electron chi connectivity index (χ2n) is 7.91. The number of carboxylic acid groups (broad SMARTS) is 2. The van der Waals surface area contributed by atoms with Gasteiger partial charge in [-0.3, -0.25) is 9.59 Å². The van der Waals surface area contributed by atoms with Crippen LogP contribution >= 0.6 is 0 Å². The molecule has 0 saturated heterocycles. The molecule has 0 saturated carbocycles. The molecule has 4 nitrogen and oxygen atoms in total. The maximum atomic E-state index is 10.9. The third-order valence-corrected chi connectivity index (χ3v) is 5.33. The van der Waals surface area contributed by atoms with Crippen molar-refractivity contribution in [3.63, 3.8) is 0 Å². The molecular formula is C22H42O4. The Kier molecular flexibility index (Phi) is 16.7. The second-order valence-corrected chi connectivity index (χ2v) is 7.91. The fourth-order valence-corrected chi connectivity index (χ4v) is 3.75. The highest BCUT2D eigenvalue weighted by molar-refractivity contribution is 5.67. The molecule has 2 N–H and O–H groups in total. The van der Waals surface area contributed by atoms with Crippen LogP contribution in [-0.4, -0.2) is 22.2 Å². The van der Waals surface area contributed by atoms with Crippen molar-refractivity contribution in [3.8, 4) is 0 Å². The summed E-state index contributed by atoms with van der Waals surface area (Å²) in [4.78, 5) is 21.9. The van der Waals surface area contributed by atoms with Gasteiger partial charge in [0.1, 0.15) is 0 Å². The summed E-state index contributed by atoms with van der Waals surface area (Å²) in [6, 6.07) is 0. The van der Waals surface area contributed by atoms with E-state index < -0.39 is 11.9 Å². The van der Waals surface area contributed by atoms with E-state index in [1.807, 2.05) is 0 Å². The minimum Gasteiger partial charge on any atom is -0.481 e. The molecule has 0 heterocycles. The van der Waals surface area contributed by atoms with Crippen LogP contribution in [0.3, 0.4) is 0 Å². The Morgan fingerprint density at radius 2 is 0.885 bits per heavy atom. The molecule has 0 aromatic carbocycles. The highest BCUT2D eigenvalue weighted by Crippen LogP contribution is 2.23. The predicted octanol–water partition coefficient (Wildman–Crippen LogP) is 6.67. The van der Waals surface area contributed by atoms with Gasteiger partial charge >= 0.3 is 11.9 Å². The van der Waals surface area contributed by atoms with Gasteiger partial charge in [-0.15, -0.1) is 0 Å². The van der Waals surface area contributed by atoms with Gasteiger partial charge in [0.25, 0.3) is 0 Å². The van der Waals surface area contributed by atoms with E-state index in [0.29, 0.717) is 24.7 Å². The summed E-state index contributed by atoms with van der Waals surface area (Å²) >= 11 is 0. The number of rotatable bonds is 19. The lowest BCUT2D eigenvalue weighted by Crippen LogP contribution is -2.08. The van der Waals surface area contributed by atoms with E-state index in [9.17, 15) is 9.59 Å². The quantitative estimate of drug-likeness (QED) is 0.249. The van der Waals surface area contributed by atoms with Gasteiger partial charge in [0.2, 0.25) is 0 Å². The molecule has 2 unspecified atom stereocenters. The van der Waals surface area contributed by atoms with Crippen molar-refractivity contribution < 1.29 is 19.8 Å². The molecule has 0 aromatic heterocycles. The highest BCUT2D eigenvalue weighted by Gasteiger charge is 2.13. The molecule has 26 heavy (non-hydrogen) atoms. The molecule has 0 aliphatic carbocycles. The van der Waals surface area contributed by atoms with E-state index in [0.717, 1.165) is 64.2 Å². The minimum atomic E-state index is -0.662. The molecule has 0 aliphatic rings. The first-order chi connectivity index (χ1) is 12.5. The average Bonchev–Trinajstić information content (AvgIpc) is 2.58. The standard InChI is InChI=1S/C22H42O4/c1-3-5-13-19(17-21(23)24)15-11-9-7-8-10-12-16-20(14-6-4-2)18-22(25)26/h19-20H,3-18H2,1-2H3,(H,23,24)(H,25,26). The van der Waals surface area contributed by atoms with E-state index in [-0.39, 0.29) is 0 Å². The lowest BCUT2D eigenvalue weighted by molar-refractivity contribution is -0.139. The van der Waals surface area contributed by atoms with Crippen molar-refractivity contribution in [3.05, 3.63) is 0 Å². The molecule has 4 heteroatoms. The molecule has 0 spiro atoms. The van der Waals surface area contributed by atoms with Crippen molar-refractivity contribution in [2.75, 3.05) is 0 Å². The van der Waals surface area contributed by atoms with Crippen LogP contribution in [0.15, 0.2) is 0 Å². The van der Waals surface area contributed by atoms with Gasteiger partial charge in [0, 0.05) is 12.8 Å². The monoisotopic (exact) mass is 370 g/mol. The van der Waals surface area contributed by atoms with Crippen LogP contribution in [0.2, 0.25) is 0 Å². The molecule has 0 aromatic rings. The Hall–Kier alpha value is -1.06. The van der Waals surface area contributed by atoms with Gasteiger partial charge in [0.15, 0.2) is 0 Å². The highest BCUT2D eigenvalue weighted by atomic mass is 16.4. The SMILES string of the molecule is CCCCC(CCCCCCCCC(CCCC)CC(=O)O)CC(=O)O. The number of hydrogen-bond acceptors (Lipinski definition) is 2. The predicted molar refractivity (Wildman–Crippen MR) is 107 cm³/mol. The molecule has 0 radical (unpaired) electrons. The zero-order chi connectivity index (χ0) is 19.6. The Morgan fingerprint density at radius 3 is 1.19 bits per heavy atom. The molecule has 0 amide bonds. The first-order valence-corrected chi connectivity index (χ1v) is 10.9. The van der Waals surface area contributed by atoms with Gasteiger partial charge in [-0.2, -0.15) is 0 Å². The van der Waals surface area contributed by atoms with E-state index in [1.54, 1.807) is 0 Å². The van der Waals surface area contributed by atoms with Crippen LogP contribution in [0.4, 0.5) is 0 Å². The average molecular weight is 371 g/mol. The summed E-state index contributed by atoms with van der Waals surface area (Å²) in [5, 5.41) is 18.0. The van der Waals surface area contributed by atoms with Crippen LogP contribution in [0.1, 0.15) is 117 Å². The lowest BCUT2D eigenvalue weighted by Gasteiger charge is -2.15. The summed E-state index contributed by atoms with van der Waals surface area (Å²) in [5.74, 6) is -0.624. The Morgan fingerprint density at radius 1 is 0.577 bits per heavy atom. The van der Waals surface area contributed by atoms with E-state index >= 15 is 0 Å². The third-order valence-electron chi connectivity index (χ3n) is 5.33. The van der Waals surface area contributed by atoms with Crippen molar-refractivity contribution in [1.82, 2.24) is 0 Å². The maximum absolute atomic E-state index is 10.9. The zero-order valence-corrected chi connectivity index (χ0v) is 17.2. The Bertz CT molecular complexity index is 320. The molecule has 2 atom stereocenters. The van der Waals surface area contributed by atoms with Crippen molar-refractivity contribution in [2.24, 2.45) is 11.8 Å². The fourth-order valence-electron chi connectivity index (χ4n) is 3.75. The van der Waals surface area contributed by atoms with Gasteiger partial charge in [-0.25, -0.2) is 0 Å². The fraction of sp³-hybridized carbons (Fsp3) is 0.909. The number of carbonyl (C=O) groups is 2. The molecule has 154 valence electrons. The lowest BCUT2D eigenvalue weighted by atomic mass is 9.91. The Labute approximate surface area is 160 Å². The van der Waals surface area contributed by atoms with E-state index in [2.05, 4.69) is 13.8 Å². The third kappa shape index (κ3) is 16.4. The first-order valence-electron chi connectivity index (χ1n) is 10.9. The summed E-state index contributed by atoms with van der Waals surface area (Å²) in [5.41, 5.74) is 0. The van der Waals surface area contributed by atoms with Crippen LogP contribution in [0.25, 0.3) is 0 Å². The van der Waals surface area contributed by atoms with Gasteiger partial charge in [-0.05, 0) is 37.5 Å². The smallest absolute Gasteiger partial charge is 0.303 e. The topological polar surface area (TPSA) is 74.6 Å². The van der Waals surface area contributed by atoms with E-state index in [4.69, 9.17) is 10.2 Å². The molecular weight excluding hydrogens is 328 g/mol. The van der Waals surface area contributed by atoms with Crippen molar-refractivity contribution in [1.29, 1.82) is 0 Å². The number of carboxylic acids is 2. The Balaban J connectivity index is 3.73. The van der Waals surface area contributed by atoms with E-state index in [1.165, 1.54) is 25.7 Å². The van der Waals surface area contributed by atoms with Crippen LogP contribution in [-0.2, 0) is 9.59 Å². The largest absolute Gasteiger partial charge is 0.481 e. The summed E-state index contributed by atoms with van der Waals surface area (Å²) in [6.07, 6.45) is 16.5. The number of aliphatic carboxylic acids is 2. The van der Waals surface area contributed by atoms with Gasteiger partial charge in [-0.1, -0.05) is 78.1 Å². The summed E-state index contributed by atoms with van der Waals surface area (Å²) < 4.78 is 0. The van der Waals surface area contributed by atoms with Crippen LogP contribution in [0.5, 0.6) is 0 Å². The minimum absolute atomic E-state index is 0.322. The van der Waals surface area contributed by atoms with Gasteiger partial charge in [0.05, 0.1) is 0 Å². The van der Waals surface area contributed by atoms with Gasteiger partial charge < -0.3 is 10.2 Å². The zero-order valence-electron chi connectivity index (χ0n) is 17.2. The molecule has 0 aliphatic heterocycles. The normalized spacial score (nSPS) is 13.5. The molecule has 0 rings (SSSR count). The van der Waals surface area contributed by atoms with Crippen LogP contribution in [0, 0.1) is 11.8 Å². The molecule has 0 fully saturated rings. The van der Waals surface area contributed by atoms with Crippen LogP contribution < -0.4 is 0 Å². The van der Waals surface area contributed by atoms with Crippen molar-refractivity contribution >= 4 is 11.9 Å². The maximum Gasteiger partial charge on any atom is 0.303 e. The number of unbranched alkanes of at least 4 members (excludes halogenated alkanes) is 7. The number of hydrogen-bond donors (Lipinski definition) is 2. The summed E-state index contributed by atoms with van der Waals surface area (Å²) in [7, 11) is 0. The first kappa shape index (κ1) is 24.9.